The van der Waals surface area contributed by atoms with Crippen molar-refractivity contribution in [2.75, 3.05) is 37.6 Å². The van der Waals surface area contributed by atoms with Crippen LogP contribution >= 0.6 is 15.9 Å². The normalized spacial score (nSPS) is 17.2. The van der Waals surface area contributed by atoms with Crippen LogP contribution in [0.25, 0.3) is 0 Å². The van der Waals surface area contributed by atoms with E-state index in [1.54, 1.807) is 0 Å². The molecule has 106 valence electrons. The number of anilines is 1. The molecule has 0 unspecified atom stereocenters. The molecule has 1 aromatic rings. The highest BCUT2D eigenvalue weighted by atomic mass is 79.9. The van der Waals surface area contributed by atoms with Crippen LogP contribution in [0, 0.1) is 5.92 Å². The van der Waals surface area contributed by atoms with Gasteiger partial charge in [-0.05, 0) is 23.6 Å². The van der Waals surface area contributed by atoms with Crippen molar-refractivity contribution in [1.82, 2.24) is 4.90 Å². The van der Waals surface area contributed by atoms with Crippen molar-refractivity contribution in [3.05, 3.63) is 28.2 Å². The van der Waals surface area contributed by atoms with Gasteiger partial charge in [-0.25, -0.2) is 0 Å². The molecule has 1 fully saturated rings. The largest absolute Gasteiger partial charge is 0.392 e. The van der Waals surface area contributed by atoms with Gasteiger partial charge in [0.1, 0.15) is 0 Å². The average Bonchev–Trinajstić information content (AvgIpc) is 2.39. The van der Waals surface area contributed by atoms with Crippen LogP contribution in [0.3, 0.4) is 0 Å². The molecule has 0 spiro atoms. The number of nitrogens with zero attached hydrogens (tertiary/aromatic N) is 2. The molecule has 0 aliphatic carbocycles. The highest BCUT2D eigenvalue weighted by molar-refractivity contribution is 9.10. The number of benzene rings is 1. The summed E-state index contributed by atoms with van der Waals surface area (Å²) < 4.78 is 0.997. The van der Waals surface area contributed by atoms with E-state index in [9.17, 15) is 5.11 Å². The SMILES string of the molecule is CC(C)CN1CCN(c2ccc(CO)c(Br)c2)CC1. The molecule has 0 amide bonds. The summed E-state index contributed by atoms with van der Waals surface area (Å²) in [5.74, 6) is 0.740. The van der Waals surface area contributed by atoms with E-state index in [1.807, 2.05) is 6.07 Å². The summed E-state index contributed by atoms with van der Waals surface area (Å²) in [5.41, 5.74) is 2.19. The maximum atomic E-state index is 9.19. The van der Waals surface area contributed by atoms with Gasteiger partial charge in [-0.2, -0.15) is 0 Å². The minimum Gasteiger partial charge on any atom is -0.392 e. The van der Waals surface area contributed by atoms with Crippen LogP contribution in [0.1, 0.15) is 19.4 Å². The molecule has 0 saturated carbocycles. The van der Waals surface area contributed by atoms with E-state index in [0.29, 0.717) is 0 Å². The molecule has 0 radical (unpaired) electrons. The lowest BCUT2D eigenvalue weighted by molar-refractivity contribution is 0.231. The molecule has 2 rings (SSSR count). The van der Waals surface area contributed by atoms with Crippen molar-refractivity contribution in [2.24, 2.45) is 5.92 Å². The first-order chi connectivity index (χ1) is 9.10. The van der Waals surface area contributed by atoms with Gasteiger partial charge in [0.25, 0.3) is 0 Å². The molecule has 1 aromatic carbocycles. The summed E-state index contributed by atoms with van der Waals surface area (Å²) in [4.78, 5) is 4.96. The monoisotopic (exact) mass is 326 g/mol. The molecule has 1 heterocycles. The second-order valence-electron chi connectivity index (χ2n) is 5.62. The van der Waals surface area contributed by atoms with Gasteiger partial charge in [-0.15, -0.1) is 0 Å². The third-order valence-corrected chi connectivity index (χ3v) is 4.31. The van der Waals surface area contributed by atoms with Crippen molar-refractivity contribution in [3.63, 3.8) is 0 Å². The first-order valence-electron chi connectivity index (χ1n) is 6.96. The lowest BCUT2D eigenvalue weighted by atomic mass is 10.1. The first-order valence-corrected chi connectivity index (χ1v) is 7.76. The fraction of sp³-hybridized carbons (Fsp3) is 0.600. The highest BCUT2D eigenvalue weighted by Gasteiger charge is 2.18. The molecule has 1 aliphatic rings. The van der Waals surface area contributed by atoms with Gasteiger partial charge in [0.05, 0.1) is 6.61 Å². The number of hydrogen-bond donors (Lipinski definition) is 1. The Morgan fingerprint density at radius 1 is 1.21 bits per heavy atom. The van der Waals surface area contributed by atoms with Crippen LogP contribution in [0.2, 0.25) is 0 Å². The Labute approximate surface area is 124 Å². The molecular formula is C15H23BrN2O. The summed E-state index contributed by atoms with van der Waals surface area (Å²) >= 11 is 3.52. The van der Waals surface area contributed by atoms with Gasteiger partial charge in [-0.1, -0.05) is 35.8 Å². The predicted molar refractivity (Wildman–Crippen MR) is 83.6 cm³/mol. The summed E-state index contributed by atoms with van der Waals surface area (Å²) in [5, 5.41) is 9.19. The third-order valence-electron chi connectivity index (χ3n) is 3.57. The Hall–Kier alpha value is -0.580. The van der Waals surface area contributed by atoms with E-state index in [-0.39, 0.29) is 6.61 Å². The number of aliphatic hydroxyl groups is 1. The lowest BCUT2D eigenvalue weighted by Crippen LogP contribution is -2.47. The topological polar surface area (TPSA) is 26.7 Å². The van der Waals surface area contributed by atoms with Crippen LogP contribution in [0.5, 0.6) is 0 Å². The second kappa shape index (κ2) is 6.73. The van der Waals surface area contributed by atoms with E-state index in [1.165, 1.54) is 12.2 Å². The Balaban J connectivity index is 1.96. The van der Waals surface area contributed by atoms with Crippen LogP contribution in [0.15, 0.2) is 22.7 Å². The van der Waals surface area contributed by atoms with E-state index >= 15 is 0 Å². The molecule has 19 heavy (non-hydrogen) atoms. The quantitative estimate of drug-likeness (QED) is 0.921. The summed E-state index contributed by atoms with van der Waals surface area (Å²) in [6.07, 6.45) is 0. The minimum absolute atomic E-state index is 0.0863. The van der Waals surface area contributed by atoms with Gasteiger partial charge in [0.2, 0.25) is 0 Å². The van der Waals surface area contributed by atoms with Crippen LogP contribution in [-0.2, 0) is 6.61 Å². The average molecular weight is 327 g/mol. The molecule has 0 aromatic heterocycles. The Morgan fingerprint density at radius 3 is 2.42 bits per heavy atom. The Morgan fingerprint density at radius 2 is 1.89 bits per heavy atom. The van der Waals surface area contributed by atoms with E-state index in [4.69, 9.17) is 0 Å². The van der Waals surface area contributed by atoms with Crippen molar-refractivity contribution >= 4 is 21.6 Å². The molecular weight excluding hydrogens is 304 g/mol. The summed E-state index contributed by atoms with van der Waals surface area (Å²) in [7, 11) is 0. The van der Waals surface area contributed by atoms with E-state index in [2.05, 4.69) is 51.7 Å². The van der Waals surface area contributed by atoms with Crippen LogP contribution < -0.4 is 4.90 Å². The second-order valence-corrected chi connectivity index (χ2v) is 6.47. The van der Waals surface area contributed by atoms with Gasteiger partial charge in [0, 0.05) is 42.9 Å². The van der Waals surface area contributed by atoms with Crippen molar-refractivity contribution in [1.29, 1.82) is 0 Å². The molecule has 1 N–H and O–H groups in total. The zero-order chi connectivity index (χ0) is 13.8. The number of rotatable bonds is 4. The maximum absolute atomic E-state index is 9.19. The van der Waals surface area contributed by atoms with E-state index in [0.717, 1.165) is 42.1 Å². The standard InChI is InChI=1S/C15H23BrN2O/c1-12(2)10-17-5-7-18(8-6-17)14-4-3-13(11-19)15(16)9-14/h3-4,9,12,19H,5-8,10-11H2,1-2H3. The van der Waals surface area contributed by atoms with Crippen molar-refractivity contribution in [3.8, 4) is 0 Å². The number of aliphatic hydroxyl groups excluding tert-OH is 1. The Kier molecular flexibility index (Phi) is 5.25. The third kappa shape index (κ3) is 3.94. The molecule has 0 bridgehead atoms. The number of piperazine rings is 1. The van der Waals surface area contributed by atoms with Crippen molar-refractivity contribution < 1.29 is 5.11 Å². The highest BCUT2D eigenvalue weighted by Crippen LogP contribution is 2.25. The lowest BCUT2D eigenvalue weighted by Gasteiger charge is -2.37. The zero-order valence-electron chi connectivity index (χ0n) is 11.8. The molecule has 1 aliphatic heterocycles. The molecule has 4 heteroatoms. The predicted octanol–water partition coefficient (Wildman–Crippen LogP) is 2.72. The Bertz CT molecular complexity index is 415. The van der Waals surface area contributed by atoms with Gasteiger partial charge >= 0.3 is 0 Å². The first kappa shape index (κ1) is 14.8. The fourth-order valence-corrected chi connectivity index (χ4v) is 3.06. The molecule has 3 nitrogen and oxygen atoms in total. The number of hydrogen-bond acceptors (Lipinski definition) is 3. The van der Waals surface area contributed by atoms with Gasteiger partial charge in [0.15, 0.2) is 0 Å². The summed E-state index contributed by atoms with van der Waals surface area (Å²) in [6.45, 7) is 10.3. The van der Waals surface area contributed by atoms with Crippen LogP contribution in [-0.4, -0.2) is 42.7 Å². The zero-order valence-corrected chi connectivity index (χ0v) is 13.4. The fourth-order valence-electron chi connectivity index (χ4n) is 2.57. The van der Waals surface area contributed by atoms with Crippen molar-refractivity contribution in [2.45, 2.75) is 20.5 Å². The van der Waals surface area contributed by atoms with Gasteiger partial charge < -0.3 is 10.0 Å². The van der Waals surface area contributed by atoms with Gasteiger partial charge in [-0.3, -0.25) is 4.90 Å². The maximum Gasteiger partial charge on any atom is 0.0692 e. The van der Waals surface area contributed by atoms with Crippen LogP contribution in [0.4, 0.5) is 5.69 Å². The summed E-state index contributed by atoms with van der Waals surface area (Å²) in [6, 6.07) is 6.22. The van der Waals surface area contributed by atoms with E-state index < -0.39 is 0 Å². The molecule has 1 saturated heterocycles. The minimum atomic E-state index is 0.0863. The smallest absolute Gasteiger partial charge is 0.0692 e. The number of halogens is 1. The molecule has 0 atom stereocenters.